The quantitative estimate of drug-likeness (QED) is 0.208. The summed E-state index contributed by atoms with van der Waals surface area (Å²) < 4.78 is 12.1. The third-order valence-corrected chi connectivity index (χ3v) is 17.3. The molecule has 1 aromatic carbocycles. The van der Waals surface area contributed by atoms with E-state index < -0.39 is 17.4 Å². The van der Waals surface area contributed by atoms with Crippen molar-refractivity contribution in [2.75, 3.05) is 6.54 Å². The lowest BCUT2D eigenvalue weighted by molar-refractivity contribution is -0.223. The van der Waals surface area contributed by atoms with E-state index in [1.807, 2.05) is 30.3 Å². The van der Waals surface area contributed by atoms with Gasteiger partial charge in [0.05, 0.1) is 17.3 Å². The number of amides is 1. The van der Waals surface area contributed by atoms with E-state index in [2.05, 4.69) is 51.3 Å². The molecule has 5 saturated carbocycles. The Morgan fingerprint density at radius 3 is 2.36 bits per heavy atom. The molecule has 304 valence electrons. The van der Waals surface area contributed by atoms with E-state index in [4.69, 9.17) is 14.2 Å². The zero-order valence-electron chi connectivity index (χ0n) is 34.9. The zero-order valence-corrected chi connectivity index (χ0v) is 34.9. The van der Waals surface area contributed by atoms with Crippen molar-refractivity contribution in [1.29, 1.82) is 0 Å². The van der Waals surface area contributed by atoms with Crippen LogP contribution in [0.2, 0.25) is 0 Å². The molecule has 8 rings (SSSR count). The number of ether oxygens (including phenoxy) is 1. The van der Waals surface area contributed by atoms with Crippen LogP contribution in [0.1, 0.15) is 144 Å². The van der Waals surface area contributed by atoms with Gasteiger partial charge in [-0.3, -0.25) is 14.4 Å². The number of likely N-dealkylation sites (tertiary alicyclic amines) is 1. The van der Waals surface area contributed by atoms with Gasteiger partial charge < -0.3 is 19.3 Å². The highest BCUT2D eigenvalue weighted by Crippen LogP contribution is 2.74. The number of carbonyl (C=O) groups excluding carboxylic acids is 2. The fourth-order valence-corrected chi connectivity index (χ4v) is 14.6. The van der Waals surface area contributed by atoms with Crippen molar-refractivity contribution in [3.63, 3.8) is 0 Å². The van der Waals surface area contributed by atoms with Crippen LogP contribution < -0.4 is 0 Å². The van der Waals surface area contributed by atoms with Crippen LogP contribution in [0, 0.1) is 62.6 Å². The number of esters is 1. The molecule has 0 spiro atoms. The number of allylic oxidation sites excluding steroid dienone is 1. The molecule has 1 aliphatic heterocycles. The van der Waals surface area contributed by atoms with Crippen LogP contribution in [0.15, 0.2) is 47.0 Å². The van der Waals surface area contributed by atoms with Gasteiger partial charge in [0.25, 0.3) is 0 Å². The van der Waals surface area contributed by atoms with Crippen molar-refractivity contribution in [2.24, 2.45) is 62.6 Å². The predicted molar refractivity (Wildman–Crippen MR) is 214 cm³/mol. The van der Waals surface area contributed by atoms with E-state index in [9.17, 15) is 14.7 Å². The summed E-state index contributed by atoms with van der Waals surface area (Å²) in [5.41, 5.74) is 0.674. The van der Waals surface area contributed by atoms with E-state index in [0.29, 0.717) is 53.1 Å². The maximum atomic E-state index is 15.3. The van der Waals surface area contributed by atoms with Gasteiger partial charge in [0.1, 0.15) is 12.1 Å². The molecule has 11 atom stereocenters. The first-order valence-electron chi connectivity index (χ1n) is 21.7. The first-order chi connectivity index (χ1) is 26.4. The fourth-order valence-electron chi connectivity index (χ4n) is 14.6. The first kappa shape index (κ1) is 39.3. The summed E-state index contributed by atoms with van der Waals surface area (Å²) >= 11 is 0. The second-order valence-corrected chi connectivity index (χ2v) is 20.9. The average molecular weight is 768 g/mol. The normalized spacial score (nSPS) is 38.8. The Labute approximate surface area is 333 Å². The summed E-state index contributed by atoms with van der Waals surface area (Å²) in [7, 11) is 0. The summed E-state index contributed by atoms with van der Waals surface area (Å²) in [5, 5.41) is 14.0. The summed E-state index contributed by atoms with van der Waals surface area (Å²) in [6.45, 7) is 20.4. The number of benzene rings is 1. The van der Waals surface area contributed by atoms with Crippen LogP contribution in [0.4, 0.5) is 0 Å². The van der Waals surface area contributed by atoms with Gasteiger partial charge in [-0.1, -0.05) is 75.3 Å². The highest BCUT2D eigenvalue weighted by Gasteiger charge is 2.69. The minimum atomic E-state index is -1.16. The van der Waals surface area contributed by atoms with Crippen molar-refractivity contribution in [1.82, 2.24) is 15.0 Å². The topological polar surface area (TPSA) is 123 Å². The molecule has 9 nitrogen and oxygen atoms in total. The predicted octanol–water partition coefficient (Wildman–Crippen LogP) is 10.1. The van der Waals surface area contributed by atoms with Gasteiger partial charge in [0.2, 0.25) is 17.6 Å². The molecular formula is C47H65N3O6. The lowest BCUT2D eigenvalue weighted by atomic mass is 9.36. The SMILES string of the molecule is C=C(C)[C@@H]1CC[C@]2(C(=O)N3CCC[C@@H]3c3nc(-c4ccccc4)no3)CCC3[C@H](CC[C@@H]4[C@@]5(C)CC[C@H](OC(=O)CC(C)(C)C(=O)O)C(C)(C)[C@@H]5CC[C@@]34C)C12. The van der Waals surface area contributed by atoms with Gasteiger partial charge in [0, 0.05) is 17.5 Å². The molecule has 2 unspecified atom stereocenters. The third kappa shape index (κ3) is 6.01. The van der Waals surface area contributed by atoms with E-state index >= 15 is 4.79 Å². The Morgan fingerprint density at radius 2 is 1.64 bits per heavy atom. The molecule has 0 bridgehead atoms. The Kier molecular flexibility index (Phi) is 9.71. The number of carboxylic acid groups (broad SMARTS) is 1. The molecule has 1 saturated heterocycles. The van der Waals surface area contributed by atoms with Crippen LogP contribution in [-0.2, 0) is 19.1 Å². The van der Waals surface area contributed by atoms with Crippen LogP contribution in [-0.4, -0.2) is 50.6 Å². The third-order valence-electron chi connectivity index (χ3n) is 17.3. The van der Waals surface area contributed by atoms with Gasteiger partial charge in [-0.25, -0.2) is 0 Å². The van der Waals surface area contributed by atoms with Crippen molar-refractivity contribution in [3.8, 4) is 11.4 Å². The van der Waals surface area contributed by atoms with Gasteiger partial charge in [0.15, 0.2) is 0 Å². The minimum absolute atomic E-state index is 0.115. The highest BCUT2D eigenvalue weighted by molar-refractivity contribution is 5.84. The number of hydrogen-bond acceptors (Lipinski definition) is 7. The number of aromatic nitrogens is 2. The molecule has 1 N–H and O–H groups in total. The molecule has 2 heterocycles. The van der Waals surface area contributed by atoms with Crippen LogP contribution in [0.3, 0.4) is 0 Å². The van der Waals surface area contributed by atoms with Crippen LogP contribution in [0.5, 0.6) is 0 Å². The number of hydrogen-bond donors (Lipinski definition) is 1. The zero-order chi connectivity index (χ0) is 40.0. The first-order valence-corrected chi connectivity index (χ1v) is 21.7. The van der Waals surface area contributed by atoms with E-state index in [0.717, 1.165) is 89.2 Å². The highest BCUT2D eigenvalue weighted by atomic mass is 16.5. The molecule has 1 aromatic heterocycles. The van der Waals surface area contributed by atoms with E-state index in [-0.39, 0.29) is 40.2 Å². The lowest BCUT2D eigenvalue weighted by Crippen LogP contribution is -2.64. The fraction of sp³-hybridized carbons (Fsp3) is 0.723. The lowest BCUT2D eigenvalue weighted by Gasteiger charge is -2.69. The Bertz CT molecular complexity index is 1870. The van der Waals surface area contributed by atoms with E-state index in [1.54, 1.807) is 13.8 Å². The standard InChI is InChI=1S/C47H65N3O6/c1-28(2)30-18-24-47(41(52)50-26-12-15-33(50)40-48-39(49-56-40)29-13-10-9-11-14-29)25-19-32-31(38(30)47)16-17-35-45(32,7)22-20-34-44(5,6)36(21-23-46(34,35)8)55-37(51)27-43(3,4)42(53)54/h9-11,13-14,30-36,38H,1,12,15-27H2,2-8H3,(H,53,54)/t30-,31-,32?,33+,34-,35-,36-,38?,45-,46-,47-/m0/s1. The largest absolute Gasteiger partial charge is 0.481 e. The molecule has 2 aromatic rings. The molecular weight excluding hydrogens is 703 g/mol. The molecule has 6 aliphatic rings. The molecule has 6 fully saturated rings. The molecule has 0 radical (unpaired) electrons. The molecule has 5 aliphatic carbocycles. The number of rotatable bonds is 8. The van der Waals surface area contributed by atoms with E-state index in [1.165, 1.54) is 5.57 Å². The summed E-state index contributed by atoms with van der Waals surface area (Å²) in [4.78, 5) is 47.2. The number of carboxylic acids is 1. The average Bonchev–Trinajstić information content (AvgIpc) is 3.92. The van der Waals surface area contributed by atoms with Gasteiger partial charge in [-0.15, -0.1) is 0 Å². The van der Waals surface area contributed by atoms with Gasteiger partial charge in [-0.05, 0) is 144 Å². The maximum absolute atomic E-state index is 15.3. The molecule has 1 amide bonds. The number of fused-ring (bicyclic) bond motifs is 7. The summed E-state index contributed by atoms with van der Waals surface area (Å²) in [6, 6.07) is 9.72. The van der Waals surface area contributed by atoms with Crippen molar-refractivity contribution in [2.45, 2.75) is 144 Å². The Morgan fingerprint density at radius 1 is 0.929 bits per heavy atom. The van der Waals surface area contributed by atoms with Crippen LogP contribution in [0.25, 0.3) is 11.4 Å². The van der Waals surface area contributed by atoms with Gasteiger partial charge >= 0.3 is 11.9 Å². The van der Waals surface area contributed by atoms with Crippen LogP contribution >= 0.6 is 0 Å². The maximum Gasteiger partial charge on any atom is 0.309 e. The smallest absolute Gasteiger partial charge is 0.309 e. The number of nitrogens with zero attached hydrogens (tertiary/aromatic N) is 3. The van der Waals surface area contributed by atoms with Crippen molar-refractivity contribution < 1.29 is 28.8 Å². The summed E-state index contributed by atoms with van der Waals surface area (Å²) in [5.74, 6) is 2.70. The monoisotopic (exact) mass is 767 g/mol. The summed E-state index contributed by atoms with van der Waals surface area (Å²) in [6.07, 6.45) is 11.8. The Balaban J connectivity index is 1.03. The number of carbonyl (C=O) groups is 3. The number of aliphatic carboxylic acids is 1. The second kappa shape index (κ2) is 13.8. The molecule has 9 heteroatoms. The molecule has 56 heavy (non-hydrogen) atoms. The van der Waals surface area contributed by atoms with Crippen molar-refractivity contribution >= 4 is 17.8 Å². The second-order valence-electron chi connectivity index (χ2n) is 20.9. The minimum Gasteiger partial charge on any atom is -0.481 e. The van der Waals surface area contributed by atoms with Crippen molar-refractivity contribution in [3.05, 3.63) is 48.4 Å². The van der Waals surface area contributed by atoms with Gasteiger partial charge in [-0.2, -0.15) is 4.98 Å². The Hall–Kier alpha value is -3.49.